The molecule has 90 valence electrons. The molecule has 0 radical (unpaired) electrons. The van der Waals surface area contributed by atoms with Gasteiger partial charge in [-0.3, -0.25) is 0 Å². The highest BCUT2D eigenvalue weighted by Crippen LogP contribution is 2.11. The van der Waals surface area contributed by atoms with Crippen molar-refractivity contribution in [3.05, 3.63) is 35.4 Å². The Hall–Kier alpha value is -0.300. The van der Waals surface area contributed by atoms with E-state index in [1.165, 1.54) is 56.1 Å². The molecule has 0 saturated carbocycles. The minimum absolute atomic E-state index is 1.15. The van der Waals surface area contributed by atoms with Gasteiger partial charge < -0.3 is 0 Å². The summed E-state index contributed by atoms with van der Waals surface area (Å²) in [7, 11) is 0. The molecule has 0 amide bonds. The standard InChI is InChI=1S/C15H23Br/c1-2-7-14-9-11-15(12-10-14)8-5-3-4-6-13-16/h9-12H,2-8,13H2,1H3. The van der Waals surface area contributed by atoms with Gasteiger partial charge in [-0.25, -0.2) is 0 Å². The number of hydrogen-bond acceptors (Lipinski definition) is 0. The van der Waals surface area contributed by atoms with Gasteiger partial charge in [0.15, 0.2) is 0 Å². The average Bonchev–Trinajstić information content (AvgIpc) is 2.31. The summed E-state index contributed by atoms with van der Waals surface area (Å²) >= 11 is 3.47. The van der Waals surface area contributed by atoms with Crippen LogP contribution in [0.25, 0.3) is 0 Å². The van der Waals surface area contributed by atoms with Crippen molar-refractivity contribution in [2.24, 2.45) is 0 Å². The fraction of sp³-hybridized carbons (Fsp3) is 0.600. The Kier molecular flexibility index (Phi) is 7.58. The minimum Gasteiger partial charge on any atom is -0.0928 e. The maximum absolute atomic E-state index is 3.47. The van der Waals surface area contributed by atoms with Crippen molar-refractivity contribution in [2.45, 2.75) is 51.9 Å². The lowest BCUT2D eigenvalue weighted by atomic mass is 10.0. The Morgan fingerprint density at radius 2 is 1.38 bits per heavy atom. The third-order valence-electron chi connectivity index (χ3n) is 2.91. The second-order valence-corrected chi connectivity index (χ2v) is 5.21. The van der Waals surface area contributed by atoms with Gasteiger partial charge in [0.2, 0.25) is 0 Å². The number of hydrogen-bond donors (Lipinski definition) is 0. The number of benzene rings is 1. The van der Waals surface area contributed by atoms with Crippen LogP contribution in [0.2, 0.25) is 0 Å². The SMILES string of the molecule is CCCc1ccc(CCCCCCBr)cc1. The van der Waals surface area contributed by atoms with E-state index >= 15 is 0 Å². The van der Waals surface area contributed by atoms with E-state index < -0.39 is 0 Å². The van der Waals surface area contributed by atoms with Crippen LogP contribution < -0.4 is 0 Å². The summed E-state index contributed by atoms with van der Waals surface area (Å²) in [6.07, 6.45) is 9.07. The van der Waals surface area contributed by atoms with Gasteiger partial charge >= 0.3 is 0 Å². The smallest absolute Gasteiger partial charge is 0.00313 e. The van der Waals surface area contributed by atoms with Gasteiger partial charge in [0.25, 0.3) is 0 Å². The summed E-state index contributed by atoms with van der Waals surface area (Å²) in [6.45, 7) is 2.23. The topological polar surface area (TPSA) is 0 Å². The van der Waals surface area contributed by atoms with Crippen LogP contribution in [0.5, 0.6) is 0 Å². The molecule has 0 N–H and O–H groups in total. The molecule has 0 aliphatic heterocycles. The molecule has 1 rings (SSSR count). The molecule has 1 aromatic carbocycles. The van der Waals surface area contributed by atoms with E-state index in [-0.39, 0.29) is 0 Å². The monoisotopic (exact) mass is 282 g/mol. The van der Waals surface area contributed by atoms with Gasteiger partial charge in [0.05, 0.1) is 0 Å². The molecule has 0 spiro atoms. The van der Waals surface area contributed by atoms with E-state index in [2.05, 4.69) is 47.1 Å². The van der Waals surface area contributed by atoms with Gasteiger partial charge in [0.1, 0.15) is 0 Å². The Labute approximate surface area is 109 Å². The van der Waals surface area contributed by atoms with Crippen LogP contribution in [0, 0.1) is 0 Å². The molecule has 0 aliphatic rings. The van der Waals surface area contributed by atoms with Crippen molar-refractivity contribution >= 4 is 15.9 Å². The average molecular weight is 283 g/mol. The van der Waals surface area contributed by atoms with Crippen LogP contribution >= 0.6 is 15.9 Å². The molecule has 1 heteroatoms. The number of halogens is 1. The summed E-state index contributed by atoms with van der Waals surface area (Å²) < 4.78 is 0. The molecule has 0 aliphatic carbocycles. The molecule has 0 bridgehead atoms. The Bertz CT molecular complexity index is 263. The van der Waals surface area contributed by atoms with Crippen molar-refractivity contribution < 1.29 is 0 Å². The number of alkyl halides is 1. The summed E-state index contributed by atoms with van der Waals surface area (Å²) in [5.74, 6) is 0. The molecule has 0 heterocycles. The van der Waals surface area contributed by atoms with Crippen LogP contribution in [-0.4, -0.2) is 5.33 Å². The van der Waals surface area contributed by atoms with E-state index in [0.717, 1.165) is 5.33 Å². The predicted molar refractivity (Wildman–Crippen MR) is 76.4 cm³/mol. The molecular weight excluding hydrogens is 260 g/mol. The molecule has 0 unspecified atom stereocenters. The fourth-order valence-electron chi connectivity index (χ4n) is 1.94. The normalized spacial score (nSPS) is 10.6. The Morgan fingerprint density at radius 1 is 0.812 bits per heavy atom. The van der Waals surface area contributed by atoms with E-state index in [0.29, 0.717) is 0 Å². The van der Waals surface area contributed by atoms with Crippen LogP contribution in [0.15, 0.2) is 24.3 Å². The minimum atomic E-state index is 1.15. The van der Waals surface area contributed by atoms with Crippen molar-refractivity contribution in [2.75, 3.05) is 5.33 Å². The van der Waals surface area contributed by atoms with E-state index in [4.69, 9.17) is 0 Å². The zero-order valence-corrected chi connectivity index (χ0v) is 11.9. The maximum atomic E-state index is 3.47. The van der Waals surface area contributed by atoms with Crippen LogP contribution in [0.3, 0.4) is 0 Å². The first-order valence-corrected chi connectivity index (χ1v) is 7.62. The lowest BCUT2D eigenvalue weighted by Gasteiger charge is -2.03. The van der Waals surface area contributed by atoms with Crippen LogP contribution in [0.1, 0.15) is 50.2 Å². The lowest BCUT2D eigenvalue weighted by Crippen LogP contribution is -1.88. The molecular formula is C15H23Br. The molecule has 0 saturated heterocycles. The zero-order chi connectivity index (χ0) is 11.6. The first-order valence-electron chi connectivity index (χ1n) is 6.50. The van der Waals surface area contributed by atoms with E-state index in [1.54, 1.807) is 0 Å². The highest BCUT2D eigenvalue weighted by molar-refractivity contribution is 9.09. The molecule has 0 nitrogen and oxygen atoms in total. The van der Waals surface area contributed by atoms with Gasteiger partial charge in [-0.15, -0.1) is 0 Å². The van der Waals surface area contributed by atoms with Gasteiger partial charge in [-0.2, -0.15) is 0 Å². The third kappa shape index (κ3) is 5.69. The first-order chi connectivity index (χ1) is 7.86. The van der Waals surface area contributed by atoms with Gasteiger partial charge in [-0.05, 0) is 36.8 Å². The Morgan fingerprint density at radius 3 is 1.94 bits per heavy atom. The quantitative estimate of drug-likeness (QED) is 0.458. The molecule has 0 aromatic heterocycles. The molecule has 0 atom stereocenters. The van der Waals surface area contributed by atoms with Gasteiger partial charge in [0, 0.05) is 5.33 Å². The summed E-state index contributed by atoms with van der Waals surface area (Å²) in [5.41, 5.74) is 2.98. The largest absolute Gasteiger partial charge is 0.0928 e. The number of unbranched alkanes of at least 4 members (excludes halogenated alkanes) is 3. The van der Waals surface area contributed by atoms with Crippen molar-refractivity contribution in [1.82, 2.24) is 0 Å². The summed E-state index contributed by atoms with van der Waals surface area (Å²) in [6, 6.07) is 9.18. The van der Waals surface area contributed by atoms with E-state index in [9.17, 15) is 0 Å². The Balaban J connectivity index is 2.21. The molecule has 0 fully saturated rings. The third-order valence-corrected chi connectivity index (χ3v) is 3.47. The predicted octanol–water partition coefficient (Wildman–Crippen LogP) is 5.14. The number of rotatable bonds is 8. The summed E-state index contributed by atoms with van der Waals surface area (Å²) in [4.78, 5) is 0. The highest BCUT2D eigenvalue weighted by atomic mass is 79.9. The van der Waals surface area contributed by atoms with Crippen LogP contribution in [0.4, 0.5) is 0 Å². The van der Waals surface area contributed by atoms with Crippen molar-refractivity contribution in [1.29, 1.82) is 0 Å². The van der Waals surface area contributed by atoms with E-state index in [1.807, 2.05) is 0 Å². The molecule has 16 heavy (non-hydrogen) atoms. The second kappa shape index (κ2) is 8.81. The zero-order valence-electron chi connectivity index (χ0n) is 10.3. The summed E-state index contributed by atoms with van der Waals surface area (Å²) in [5, 5.41) is 1.15. The number of aryl methyl sites for hydroxylation is 2. The van der Waals surface area contributed by atoms with Crippen molar-refractivity contribution in [3.63, 3.8) is 0 Å². The molecule has 1 aromatic rings. The second-order valence-electron chi connectivity index (χ2n) is 4.42. The highest BCUT2D eigenvalue weighted by Gasteiger charge is 1.95. The first kappa shape index (κ1) is 13.8. The fourth-order valence-corrected chi connectivity index (χ4v) is 2.33. The maximum Gasteiger partial charge on any atom is 0.00313 e. The van der Waals surface area contributed by atoms with Crippen LogP contribution in [-0.2, 0) is 12.8 Å². The lowest BCUT2D eigenvalue weighted by molar-refractivity contribution is 0.671. The van der Waals surface area contributed by atoms with Crippen molar-refractivity contribution in [3.8, 4) is 0 Å². The van der Waals surface area contributed by atoms with Gasteiger partial charge in [-0.1, -0.05) is 66.4 Å².